The fourth-order valence-electron chi connectivity index (χ4n) is 3.16. The molecule has 0 amide bonds. The molecule has 2 heterocycles. The van der Waals surface area contributed by atoms with Crippen molar-refractivity contribution in [1.82, 2.24) is 9.97 Å². The van der Waals surface area contributed by atoms with Crippen LogP contribution in [0, 0.1) is 12.8 Å². The number of hydrogen-bond donors (Lipinski definition) is 1. The number of aromatic amines is 1. The van der Waals surface area contributed by atoms with Crippen molar-refractivity contribution in [3.63, 3.8) is 0 Å². The van der Waals surface area contributed by atoms with Gasteiger partial charge in [0.2, 0.25) is 0 Å². The van der Waals surface area contributed by atoms with Crippen LogP contribution in [0.25, 0.3) is 5.57 Å². The standard InChI is InChI=1S/C19H32N2O/c1-4-5-6-7-8-9-10-11-19-17(12-15(2)14-22-19)18-13-20-16(3)21-18/h12-13,15,19H,4-11,14H2,1-3H3,(H,20,21)/t15-,19+/m1/s1. The highest BCUT2D eigenvalue weighted by atomic mass is 16.5. The Balaban J connectivity index is 1.80. The van der Waals surface area contributed by atoms with Gasteiger partial charge in [-0.1, -0.05) is 64.9 Å². The zero-order valence-corrected chi connectivity index (χ0v) is 14.5. The smallest absolute Gasteiger partial charge is 0.103 e. The van der Waals surface area contributed by atoms with Crippen LogP contribution in [0.15, 0.2) is 12.3 Å². The highest BCUT2D eigenvalue weighted by molar-refractivity contribution is 5.66. The van der Waals surface area contributed by atoms with Crippen LogP contribution in [-0.4, -0.2) is 22.7 Å². The third kappa shape index (κ3) is 5.28. The minimum Gasteiger partial charge on any atom is -0.373 e. The van der Waals surface area contributed by atoms with Crippen molar-refractivity contribution < 1.29 is 4.74 Å². The molecule has 0 aromatic carbocycles. The second kappa shape index (κ2) is 9.14. The number of imidazole rings is 1. The van der Waals surface area contributed by atoms with Gasteiger partial charge in [0, 0.05) is 11.8 Å². The first-order chi connectivity index (χ1) is 10.7. The lowest BCUT2D eigenvalue weighted by Gasteiger charge is -2.27. The number of rotatable bonds is 9. The first kappa shape index (κ1) is 17.3. The highest BCUT2D eigenvalue weighted by Gasteiger charge is 2.23. The highest BCUT2D eigenvalue weighted by Crippen LogP contribution is 2.29. The number of aromatic nitrogens is 2. The van der Waals surface area contributed by atoms with E-state index in [4.69, 9.17) is 4.74 Å². The molecule has 1 aliphatic heterocycles. The van der Waals surface area contributed by atoms with Crippen LogP contribution in [0.1, 0.15) is 76.7 Å². The van der Waals surface area contributed by atoms with Gasteiger partial charge in [-0.25, -0.2) is 4.98 Å². The van der Waals surface area contributed by atoms with Crippen molar-refractivity contribution in [3.8, 4) is 0 Å². The largest absolute Gasteiger partial charge is 0.373 e. The van der Waals surface area contributed by atoms with Gasteiger partial charge in [0.1, 0.15) is 5.82 Å². The van der Waals surface area contributed by atoms with Crippen LogP contribution in [0.2, 0.25) is 0 Å². The van der Waals surface area contributed by atoms with E-state index >= 15 is 0 Å². The molecule has 1 aromatic heterocycles. The van der Waals surface area contributed by atoms with Gasteiger partial charge in [0.15, 0.2) is 0 Å². The lowest BCUT2D eigenvalue weighted by Crippen LogP contribution is -2.24. The van der Waals surface area contributed by atoms with Crippen LogP contribution in [-0.2, 0) is 4.74 Å². The van der Waals surface area contributed by atoms with Crippen LogP contribution in [0.5, 0.6) is 0 Å². The molecule has 0 unspecified atom stereocenters. The molecule has 0 spiro atoms. The quantitative estimate of drug-likeness (QED) is 0.630. The van der Waals surface area contributed by atoms with E-state index in [1.54, 1.807) is 0 Å². The van der Waals surface area contributed by atoms with Crippen LogP contribution < -0.4 is 0 Å². The zero-order valence-electron chi connectivity index (χ0n) is 14.5. The Morgan fingerprint density at radius 3 is 2.59 bits per heavy atom. The number of H-pyrrole nitrogens is 1. The normalized spacial score (nSPS) is 21.9. The average Bonchev–Trinajstić information content (AvgIpc) is 2.94. The monoisotopic (exact) mass is 304 g/mol. The van der Waals surface area contributed by atoms with E-state index in [0.717, 1.165) is 24.5 Å². The fraction of sp³-hybridized carbons (Fsp3) is 0.737. The molecule has 0 bridgehead atoms. The summed E-state index contributed by atoms with van der Waals surface area (Å²) < 4.78 is 6.09. The van der Waals surface area contributed by atoms with Gasteiger partial charge < -0.3 is 9.72 Å². The summed E-state index contributed by atoms with van der Waals surface area (Å²) in [5.74, 6) is 1.46. The molecule has 124 valence electrons. The number of nitrogens with one attached hydrogen (secondary N) is 1. The Morgan fingerprint density at radius 1 is 1.18 bits per heavy atom. The molecular weight excluding hydrogens is 272 g/mol. The Morgan fingerprint density at radius 2 is 1.91 bits per heavy atom. The van der Waals surface area contributed by atoms with Crippen molar-refractivity contribution in [1.29, 1.82) is 0 Å². The first-order valence-electron chi connectivity index (χ1n) is 9.06. The van der Waals surface area contributed by atoms with Gasteiger partial charge in [-0.2, -0.15) is 0 Å². The molecule has 22 heavy (non-hydrogen) atoms. The molecule has 0 saturated carbocycles. The zero-order chi connectivity index (χ0) is 15.8. The topological polar surface area (TPSA) is 37.9 Å². The first-order valence-corrected chi connectivity index (χ1v) is 9.06. The van der Waals surface area contributed by atoms with Crippen molar-refractivity contribution in [2.24, 2.45) is 5.92 Å². The third-order valence-corrected chi connectivity index (χ3v) is 4.44. The van der Waals surface area contributed by atoms with Crippen molar-refractivity contribution in [3.05, 3.63) is 23.8 Å². The van der Waals surface area contributed by atoms with E-state index < -0.39 is 0 Å². The van der Waals surface area contributed by atoms with E-state index in [1.807, 2.05) is 13.1 Å². The Bertz CT molecular complexity index is 464. The van der Waals surface area contributed by atoms with Gasteiger partial charge >= 0.3 is 0 Å². The fourth-order valence-corrected chi connectivity index (χ4v) is 3.16. The number of nitrogens with zero attached hydrogens (tertiary/aromatic N) is 1. The van der Waals surface area contributed by atoms with Crippen LogP contribution in [0.4, 0.5) is 0 Å². The number of hydrogen-bond acceptors (Lipinski definition) is 2. The summed E-state index contributed by atoms with van der Waals surface area (Å²) in [7, 11) is 0. The molecule has 0 saturated heterocycles. The lowest BCUT2D eigenvalue weighted by molar-refractivity contribution is 0.0602. The van der Waals surface area contributed by atoms with E-state index in [9.17, 15) is 0 Å². The van der Waals surface area contributed by atoms with Gasteiger partial charge in [0.05, 0.1) is 18.4 Å². The van der Waals surface area contributed by atoms with Crippen LogP contribution in [0.3, 0.4) is 0 Å². The molecule has 3 heteroatoms. The van der Waals surface area contributed by atoms with Gasteiger partial charge in [-0.05, 0) is 19.3 Å². The van der Waals surface area contributed by atoms with Crippen LogP contribution >= 0.6 is 0 Å². The molecule has 3 nitrogen and oxygen atoms in total. The van der Waals surface area contributed by atoms with Crippen molar-refractivity contribution >= 4 is 5.57 Å². The summed E-state index contributed by atoms with van der Waals surface area (Å²) in [6.45, 7) is 7.33. The molecule has 1 aliphatic rings. The predicted octanol–water partition coefficient (Wildman–Crippen LogP) is 5.28. The second-order valence-electron chi connectivity index (χ2n) is 6.70. The molecule has 0 radical (unpaired) electrons. The summed E-state index contributed by atoms with van der Waals surface area (Å²) in [6.07, 6.45) is 15.2. The molecule has 2 atom stereocenters. The molecule has 1 aromatic rings. The number of ether oxygens (including phenoxy) is 1. The Hall–Kier alpha value is -1.09. The number of unbranched alkanes of at least 4 members (excludes halogenated alkanes) is 6. The van der Waals surface area contributed by atoms with Crippen molar-refractivity contribution in [2.45, 2.75) is 78.2 Å². The number of aryl methyl sites for hydroxylation is 1. The molecular formula is C19H32N2O. The van der Waals surface area contributed by atoms with Gasteiger partial charge in [-0.15, -0.1) is 0 Å². The van der Waals surface area contributed by atoms with Crippen molar-refractivity contribution in [2.75, 3.05) is 6.61 Å². The second-order valence-corrected chi connectivity index (χ2v) is 6.70. The summed E-state index contributed by atoms with van der Waals surface area (Å²) in [5.41, 5.74) is 2.35. The molecule has 0 aliphatic carbocycles. The Kier molecular flexibility index (Phi) is 7.17. The summed E-state index contributed by atoms with van der Waals surface area (Å²) in [4.78, 5) is 7.78. The van der Waals surface area contributed by atoms with E-state index in [-0.39, 0.29) is 6.10 Å². The minimum absolute atomic E-state index is 0.231. The SMILES string of the molecule is CCCCCCCCC[C@@H]1OC[C@H](C)C=C1c1c[nH]c(C)n1. The Labute approximate surface area is 135 Å². The predicted molar refractivity (Wildman–Crippen MR) is 92.8 cm³/mol. The van der Waals surface area contributed by atoms with E-state index in [1.165, 1.54) is 50.5 Å². The maximum Gasteiger partial charge on any atom is 0.103 e. The summed E-state index contributed by atoms with van der Waals surface area (Å²) in [5, 5.41) is 0. The average molecular weight is 304 g/mol. The maximum atomic E-state index is 6.09. The summed E-state index contributed by atoms with van der Waals surface area (Å²) >= 11 is 0. The molecule has 2 rings (SSSR count). The lowest BCUT2D eigenvalue weighted by atomic mass is 9.94. The van der Waals surface area contributed by atoms with Gasteiger partial charge in [-0.3, -0.25) is 0 Å². The molecule has 1 N–H and O–H groups in total. The maximum absolute atomic E-state index is 6.09. The van der Waals surface area contributed by atoms with Gasteiger partial charge in [0.25, 0.3) is 0 Å². The third-order valence-electron chi connectivity index (χ3n) is 4.44. The minimum atomic E-state index is 0.231. The van der Waals surface area contributed by atoms with E-state index in [0.29, 0.717) is 5.92 Å². The summed E-state index contributed by atoms with van der Waals surface area (Å²) in [6, 6.07) is 0. The molecule has 0 fully saturated rings. The van der Waals surface area contributed by atoms with E-state index in [2.05, 4.69) is 29.9 Å².